The van der Waals surface area contributed by atoms with Crippen LogP contribution in [0.5, 0.6) is 5.75 Å². The summed E-state index contributed by atoms with van der Waals surface area (Å²) in [5, 5.41) is 21.3. The smallest absolute Gasteiger partial charge is 0.335 e. The van der Waals surface area contributed by atoms with E-state index >= 15 is 0 Å². The molecule has 21 heavy (non-hydrogen) atoms. The van der Waals surface area contributed by atoms with Crippen LogP contribution in [0.3, 0.4) is 0 Å². The van der Waals surface area contributed by atoms with Crippen molar-refractivity contribution in [3.63, 3.8) is 0 Å². The minimum Gasteiger partial charge on any atom is -0.506 e. The van der Waals surface area contributed by atoms with Gasteiger partial charge in [-0.05, 0) is 30.3 Å². The second-order valence-electron chi connectivity index (χ2n) is 4.09. The summed E-state index contributed by atoms with van der Waals surface area (Å²) in [5.74, 6) is -2.11. The van der Waals surface area contributed by atoms with Crippen LogP contribution in [0.1, 0.15) is 20.7 Å². The third-order valence-electron chi connectivity index (χ3n) is 2.69. The van der Waals surface area contributed by atoms with E-state index in [2.05, 4.69) is 5.32 Å². The van der Waals surface area contributed by atoms with Crippen molar-refractivity contribution in [3.8, 4) is 5.75 Å². The van der Waals surface area contributed by atoms with Crippen molar-refractivity contribution >= 4 is 40.8 Å². The van der Waals surface area contributed by atoms with E-state index in [-0.39, 0.29) is 32.6 Å². The first-order chi connectivity index (χ1) is 9.90. The monoisotopic (exact) mass is 325 g/mol. The molecule has 0 bridgehead atoms. The van der Waals surface area contributed by atoms with Crippen molar-refractivity contribution < 1.29 is 19.8 Å². The highest BCUT2D eigenvalue weighted by atomic mass is 35.5. The number of carbonyl (C=O) groups excluding carboxylic acids is 1. The van der Waals surface area contributed by atoms with Crippen molar-refractivity contribution in [1.82, 2.24) is 0 Å². The second-order valence-corrected chi connectivity index (χ2v) is 4.88. The third-order valence-corrected chi connectivity index (χ3v) is 3.51. The number of hydrogen-bond acceptors (Lipinski definition) is 3. The molecule has 0 aliphatic carbocycles. The Balaban J connectivity index is 2.28. The number of amides is 1. The summed E-state index contributed by atoms with van der Waals surface area (Å²) in [4.78, 5) is 22.8. The van der Waals surface area contributed by atoms with Gasteiger partial charge < -0.3 is 15.5 Å². The average Bonchev–Trinajstić information content (AvgIpc) is 2.43. The first-order valence-electron chi connectivity index (χ1n) is 5.72. The molecule has 0 heterocycles. The van der Waals surface area contributed by atoms with E-state index in [1.54, 1.807) is 12.1 Å². The summed E-state index contributed by atoms with van der Waals surface area (Å²) in [6, 6.07) is 8.17. The Morgan fingerprint density at radius 1 is 1.10 bits per heavy atom. The zero-order chi connectivity index (χ0) is 15.6. The number of halogens is 2. The fraction of sp³-hybridized carbons (Fsp3) is 0. The predicted octanol–water partition coefficient (Wildman–Crippen LogP) is 3.65. The molecule has 0 saturated carbocycles. The Morgan fingerprint density at radius 2 is 1.81 bits per heavy atom. The first-order valence-corrected chi connectivity index (χ1v) is 6.47. The van der Waals surface area contributed by atoms with E-state index in [4.69, 9.17) is 28.3 Å². The van der Waals surface area contributed by atoms with Gasteiger partial charge in [0.1, 0.15) is 5.75 Å². The van der Waals surface area contributed by atoms with Crippen LogP contribution in [0.25, 0.3) is 0 Å². The molecule has 0 aromatic heterocycles. The van der Waals surface area contributed by atoms with Gasteiger partial charge >= 0.3 is 5.97 Å². The molecule has 3 N–H and O–H groups in total. The van der Waals surface area contributed by atoms with Crippen LogP contribution in [-0.2, 0) is 0 Å². The molecule has 0 aliphatic rings. The largest absolute Gasteiger partial charge is 0.506 e. The lowest BCUT2D eigenvalue weighted by atomic mass is 10.1. The maximum Gasteiger partial charge on any atom is 0.335 e. The van der Waals surface area contributed by atoms with Crippen LogP contribution in [0, 0.1) is 0 Å². The van der Waals surface area contributed by atoms with Gasteiger partial charge in [0.05, 0.1) is 26.9 Å². The van der Waals surface area contributed by atoms with Gasteiger partial charge in [0.15, 0.2) is 0 Å². The molecule has 7 heteroatoms. The maximum absolute atomic E-state index is 12.1. The van der Waals surface area contributed by atoms with Crippen LogP contribution in [-0.4, -0.2) is 22.1 Å². The molecule has 2 rings (SSSR count). The Hall–Kier alpha value is -2.24. The van der Waals surface area contributed by atoms with Gasteiger partial charge in [0.25, 0.3) is 5.91 Å². The molecular formula is C14H9Cl2NO4. The zero-order valence-electron chi connectivity index (χ0n) is 10.4. The lowest BCUT2D eigenvalue weighted by Gasteiger charge is -2.09. The molecule has 0 spiro atoms. The minimum atomic E-state index is -1.18. The molecule has 2 aromatic carbocycles. The number of aromatic carboxylic acids is 1. The van der Waals surface area contributed by atoms with Gasteiger partial charge in [-0.3, -0.25) is 4.79 Å². The summed E-state index contributed by atoms with van der Waals surface area (Å²) in [6.07, 6.45) is 0. The number of phenolic OH excluding ortho intramolecular Hbond substituents is 1. The fourth-order valence-corrected chi connectivity index (χ4v) is 2.03. The Labute approximate surface area is 129 Å². The van der Waals surface area contributed by atoms with Crippen LogP contribution >= 0.6 is 23.2 Å². The zero-order valence-corrected chi connectivity index (χ0v) is 11.9. The average molecular weight is 326 g/mol. The highest BCUT2D eigenvalue weighted by Gasteiger charge is 2.15. The van der Waals surface area contributed by atoms with Gasteiger partial charge in [-0.25, -0.2) is 4.79 Å². The van der Waals surface area contributed by atoms with Gasteiger partial charge in [0.2, 0.25) is 0 Å². The number of aromatic hydroxyl groups is 1. The van der Waals surface area contributed by atoms with E-state index < -0.39 is 11.9 Å². The number of hydrogen-bond donors (Lipinski definition) is 3. The maximum atomic E-state index is 12.1. The summed E-state index contributed by atoms with van der Waals surface area (Å²) in [7, 11) is 0. The number of rotatable bonds is 3. The molecule has 0 radical (unpaired) electrons. The molecular weight excluding hydrogens is 317 g/mol. The minimum absolute atomic E-state index is 0.0704. The second kappa shape index (κ2) is 6.03. The summed E-state index contributed by atoms with van der Waals surface area (Å²) < 4.78 is 0. The van der Waals surface area contributed by atoms with Crippen molar-refractivity contribution in [2.24, 2.45) is 0 Å². The molecule has 2 aromatic rings. The molecule has 0 unspecified atom stereocenters. The molecule has 0 aliphatic heterocycles. The van der Waals surface area contributed by atoms with Crippen LogP contribution in [0.2, 0.25) is 10.0 Å². The SMILES string of the molecule is O=C(O)c1ccc(NC(=O)c2cccc(Cl)c2Cl)c(O)c1. The van der Waals surface area contributed by atoms with E-state index in [0.29, 0.717) is 0 Å². The quantitative estimate of drug-likeness (QED) is 0.752. The van der Waals surface area contributed by atoms with Crippen molar-refractivity contribution in [1.29, 1.82) is 0 Å². The van der Waals surface area contributed by atoms with E-state index in [1.165, 1.54) is 18.2 Å². The molecule has 0 fully saturated rings. The van der Waals surface area contributed by atoms with Crippen LogP contribution < -0.4 is 5.32 Å². The highest BCUT2D eigenvalue weighted by molar-refractivity contribution is 6.44. The topological polar surface area (TPSA) is 86.6 Å². The van der Waals surface area contributed by atoms with Gasteiger partial charge in [-0.2, -0.15) is 0 Å². The Kier molecular flexibility index (Phi) is 4.35. The number of benzene rings is 2. The molecule has 108 valence electrons. The van der Waals surface area contributed by atoms with E-state index in [1.807, 2.05) is 0 Å². The molecule has 1 amide bonds. The number of carboxylic acid groups (broad SMARTS) is 1. The van der Waals surface area contributed by atoms with Crippen LogP contribution in [0.4, 0.5) is 5.69 Å². The predicted molar refractivity (Wildman–Crippen MR) is 79.5 cm³/mol. The Morgan fingerprint density at radius 3 is 2.43 bits per heavy atom. The highest BCUT2D eigenvalue weighted by Crippen LogP contribution is 2.28. The molecule has 5 nitrogen and oxygen atoms in total. The number of phenols is 1. The standard InChI is InChI=1S/C14H9Cl2NO4/c15-9-3-1-2-8(12(9)16)13(19)17-10-5-4-7(14(20)21)6-11(10)18/h1-6,18H,(H,17,19)(H,20,21). The lowest BCUT2D eigenvalue weighted by molar-refractivity contribution is 0.0696. The normalized spacial score (nSPS) is 10.2. The van der Waals surface area contributed by atoms with Crippen molar-refractivity contribution in [2.75, 3.05) is 5.32 Å². The third kappa shape index (κ3) is 3.26. The van der Waals surface area contributed by atoms with Crippen LogP contribution in [0.15, 0.2) is 36.4 Å². The number of carbonyl (C=O) groups is 2. The van der Waals surface area contributed by atoms with Crippen molar-refractivity contribution in [2.45, 2.75) is 0 Å². The van der Waals surface area contributed by atoms with E-state index in [9.17, 15) is 14.7 Å². The van der Waals surface area contributed by atoms with Gasteiger partial charge in [0, 0.05) is 0 Å². The number of carboxylic acids is 1. The summed E-state index contributed by atoms with van der Waals surface area (Å²) in [6.45, 7) is 0. The summed E-state index contributed by atoms with van der Waals surface area (Å²) in [5.41, 5.74) is 0.123. The van der Waals surface area contributed by atoms with E-state index in [0.717, 1.165) is 6.07 Å². The number of nitrogens with one attached hydrogen (secondary N) is 1. The van der Waals surface area contributed by atoms with Gasteiger partial charge in [-0.1, -0.05) is 29.3 Å². The Bertz CT molecular complexity index is 731. The van der Waals surface area contributed by atoms with Crippen molar-refractivity contribution in [3.05, 3.63) is 57.6 Å². The number of anilines is 1. The van der Waals surface area contributed by atoms with Gasteiger partial charge in [-0.15, -0.1) is 0 Å². The molecule has 0 saturated heterocycles. The lowest BCUT2D eigenvalue weighted by Crippen LogP contribution is -2.13. The first kappa shape index (κ1) is 15.2. The fourth-order valence-electron chi connectivity index (χ4n) is 1.64. The molecule has 0 atom stereocenters. The summed E-state index contributed by atoms with van der Waals surface area (Å²) >= 11 is 11.7.